The summed E-state index contributed by atoms with van der Waals surface area (Å²) < 4.78 is 19.5. The van der Waals surface area contributed by atoms with Crippen LogP contribution in [0.5, 0.6) is 0 Å². The predicted octanol–water partition coefficient (Wildman–Crippen LogP) is 2.07. The van der Waals surface area contributed by atoms with Crippen molar-refractivity contribution in [3.05, 3.63) is 66.0 Å². The van der Waals surface area contributed by atoms with Crippen LogP contribution in [0.1, 0.15) is 11.6 Å². The molecule has 6 nitrogen and oxygen atoms in total. The summed E-state index contributed by atoms with van der Waals surface area (Å²) in [5.74, 6) is -0.792. The van der Waals surface area contributed by atoms with Gasteiger partial charge in [0.15, 0.2) is 6.10 Å². The highest BCUT2D eigenvalue weighted by Gasteiger charge is 2.42. The molecule has 0 aliphatic carbocycles. The van der Waals surface area contributed by atoms with Gasteiger partial charge in [0.2, 0.25) is 5.91 Å². The molecule has 2 fully saturated rings. The van der Waals surface area contributed by atoms with Crippen LogP contribution in [-0.4, -0.2) is 67.6 Å². The predicted molar refractivity (Wildman–Crippen MR) is 107 cm³/mol. The number of amides is 2. The second-order valence-corrected chi connectivity index (χ2v) is 7.38. The van der Waals surface area contributed by atoms with Crippen molar-refractivity contribution in [1.29, 1.82) is 0 Å². The van der Waals surface area contributed by atoms with Crippen LogP contribution < -0.4 is 4.90 Å². The molecule has 0 saturated carbocycles. The smallest absolute Gasteiger partial charge is 0.254 e. The summed E-state index contributed by atoms with van der Waals surface area (Å²) in [6.45, 7) is 2.44. The molecule has 0 bridgehead atoms. The van der Waals surface area contributed by atoms with Gasteiger partial charge in [0, 0.05) is 38.9 Å². The van der Waals surface area contributed by atoms with Gasteiger partial charge in [0.25, 0.3) is 5.91 Å². The number of para-hydroxylation sites is 1. The maximum atomic E-state index is 13.8. The number of anilines is 1. The van der Waals surface area contributed by atoms with Gasteiger partial charge in [-0.15, -0.1) is 0 Å². The average Bonchev–Trinajstić information content (AvgIpc) is 2.76. The van der Waals surface area contributed by atoms with Gasteiger partial charge in [-0.2, -0.15) is 0 Å². The number of carbonyl (C=O) groups is 2. The van der Waals surface area contributed by atoms with Crippen molar-refractivity contribution >= 4 is 17.5 Å². The molecular formula is C22H24FN3O3. The summed E-state index contributed by atoms with van der Waals surface area (Å²) in [5.41, 5.74) is 1.69. The Balaban J connectivity index is 1.50. The van der Waals surface area contributed by atoms with E-state index in [1.54, 1.807) is 24.1 Å². The lowest BCUT2D eigenvalue weighted by Gasteiger charge is -2.42. The van der Waals surface area contributed by atoms with Crippen LogP contribution in [0.3, 0.4) is 0 Å². The van der Waals surface area contributed by atoms with Crippen molar-refractivity contribution in [3.8, 4) is 0 Å². The maximum absolute atomic E-state index is 13.8. The Labute approximate surface area is 169 Å². The van der Waals surface area contributed by atoms with E-state index >= 15 is 0 Å². The van der Waals surface area contributed by atoms with E-state index in [-0.39, 0.29) is 18.4 Å². The molecule has 2 aliphatic heterocycles. The molecule has 152 valence electrons. The zero-order valence-corrected chi connectivity index (χ0v) is 16.3. The number of carbonyl (C=O) groups excluding carboxylic acids is 2. The van der Waals surface area contributed by atoms with Crippen molar-refractivity contribution in [2.24, 2.45) is 0 Å². The van der Waals surface area contributed by atoms with Crippen molar-refractivity contribution < 1.29 is 18.7 Å². The minimum absolute atomic E-state index is 0.150. The molecule has 0 radical (unpaired) electrons. The van der Waals surface area contributed by atoms with Crippen LogP contribution in [0, 0.1) is 5.82 Å². The highest BCUT2D eigenvalue weighted by Crippen LogP contribution is 2.31. The van der Waals surface area contributed by atoms with Gasteiger partial charge in [-0.25, -0.2) is 4.39 Å². The van der Waals surface area contributed by atoms with E-state index in [9.17, 15) is 14.0 Å². The number of hydrogen-bond acceptors (Lipinski definition) is 4. The molecule has 0 spiro atoms. The molecule has 0 unspecified atom stereocenters. The highest BCUT2D eigenvalue weighted by atomic mass is 19.1. The first-order valence-corrected chi connectivity index (χ1v) is 9.76. The number of benzene rings is 2. The summed E-state index contributed by atoms with van der Waals surface area (Å²) in [7, 11) is 1.63. The minimum Gasteiger partial charge on any atom is -0.368 e. The van der Waals surface area contributed by atoms with Gasteiger partial charge in [-0.1, -0.05) is 30.3 Å². The van der Waals surface area contributed by atoms with E-state index in [0.717, 1.165) is 18.8 Å². The largest absolute Gasteiger partial charge is 0.368 e. The summed E-state index contributed by atoms with van der Waals surface area (Å²) in [6.07, 6.45) is -0.845. The molecule has 2 amide bonds. The Morgan fingerprint density at radius 3 is 2.45 bits per heavy atom. The van der Waals surface area contributed by atoms with Crippen molar-refractivity contribution in [2.75, 3.05) is 44.7 Å². The number of morpholine rings is 1. The third-order valence-electron chi connectivity index (χ3n) is 5.63. The van der Waals surface area contributed by atoms with Crippen LogP contribution in [0.25, 0.3) is 0 Å². The molecule has 7 heteroatoms. The Hall–Kier alpha value is -2.93. The Bertz CT molecular complexity index is 884. The van der Waals surface area contributed by atoms with E-state index in [1.165, 1.54) is 17.0 Å². The maximum Gasteiger partial charge on any atom is 0.254 e. The van der Waals surface area contributed by atoms with Crippen LogP contribution >= 0.6 is 0 Å². The number of hydrogen-bond donors (Lipinski definition) is 0. The number of rotatable bonds is 3. The van der Waals surface area contributed by atoms with E-state index in [0.29, 0.717) is 18.7 Å². The molecule has 2 saturated heterocycles. The van der Waals surface area contributed by atoms with E-state index in [4.69, 9.17) is 4.74 Å². The van der Waals surface area contributed by atoms with E-state index < -0.39 is 18.0 Å². The molecule has 2 atom stereocenters. The molecule has 29 heavy (non-hydrogen) atoms. The van der Waals surface area contributed by atoms with Crippen LogP contribution in [0.2, 0.25) is 0 Å². The van der Waals surface area contributed by atoms with Crippen molar-refractivity contribution in [1.82, 2.24) is 9.80 Å². The van der Waals surface area contributed by atoms with Crippen molar-refractivity contribution in [3.63, 3.8) is 0 Å². The molecule has 2 aromatic carbocycles. The lowest BCUT2D eigenvalue weighted by molar-refractivity contribution is -0.167. The van der Waals surface area contributed by atoms with Gasteiger partial charge >= 0.3 is 0 Å². The average molecular weight is 397 g/mol. The zero-order chi connectivity index (χ0) is 20.4. The number of ether oxygens (including phenoxy) is 1. The fourth-order valence-corrected chi connectivity index (χ4v) is 4.01. The highest BCUT2D eigenvalue weighted by molar-refractivity contribution is 5.86. The Kier molecular flexibility index (Phi) is 5.49. The van der Waals surface area contributed by atoms with E-state index in [2.05, 4.69) is 17.0 Å². The normalized spacial score (nSPS) is 22.7. The summed E-state index contributed by atoms with van der Waals surface area (Å²) in [4.78, 5) is 31.0. The van der Waals surface area contributed by atoms with E-state index in [1.807, 2.05) is 18.2 Å². The van der Waals surface area contributed by atoms with Crippen molar-refractivity contribution in [2.45, 2.75) is 12.1 Å². The first-order valence-electron chi connectivity index (χ1n) is 9.76. The van der Waals surface area contributed by atoms with Gasteiger partial charge in [0.05, 0.1) is 6.04 Å². The number of nitrogens with zero attached hydrogens (tertiary/aromatic N) is 3. The van der Waals surface area contributed by atoms with Gasteiger partial charge in [0.1, 0.15) is 12.4 Å². The minimum atomic E-state index is -0.845. The topological polar surface area (TPSA) is 53.1 Å². The fourth-order valence-electron chi connectivity index (χ4n) is 4.01. The fraction of sp³-hybridized carbons (Fsp3) is 0.364. The summed E-state index contributed by atoms with van der Waals surface area (Å²) in [6, 6.07) is 15.5. The van der Waals surface area contributed by atoms with Crippen LogP contribution in [0.15, 0.2) is 54.6 Å². The first kappa shape index (κ1) is 19.4. The molecule has 2 heterocycles. The first-order chi connectivity index (χ1) is 14.0. The lowest BCUT2D eigenvalue weighted by atomic mass is 9.97. The lowest BCUT2D eigenvalue weighted by Crippen LogP contribution is -2.57. The number of piperazine rings is 1. The summed E-state index contributed by atoms with van der Waals surface area (Å²) >= 11 is 0. The van der Waals surface area contributed by atoms with Crippen LogP contribution in [-0.2, 0) is 14.3 Å². The van der Waals surface area contributed by atoms with Crippen LogP contribution in [0.4, 0.5) is 10.1 Å². The monoisotopic (exact) mass is 397 g/mol. The van der Waals surface area contributed by atoms with Gasteiger partial charge in [-0.3, -0.25) is 9.59 Å². The molecule has 4 rings (SSSR count). The van der Waals surface area contributed by atoms with Gasteiger partial charge in [-0.05, 0) is 29.8 Å². The van der Waals surface area contributed by atoms with Gasteiger partial charge < -0.3 is 19.4 Å². The third-order valence-corrected chi connectivity index (χ3v) is 5.63. The number of halogens is 1. The number of likely N-dealkylation sites (N-methyl/N-ethyl adjacent to an activating group) is 1. The zero-order valence-electron chi connectivity index (χ0n) is 16.3. The quantitative estimate of drug-likeness (QED) is 0.796. The standard InChI is InChI=1S/C22H24FN3O3/c1-24-19(27)15-29-21(20(24)16-6-5-7-17(23)14-16)22(28)26-12-10-25(11-13-26)18-8-3-2-4-9-18/h2-9,14,20-21H,10-13,15H2,1H3/t20-,21+/m0/s1. The molecular weight excluding hydrogens is 373 g/mol. The molecule has 0 aromatic heterocycles. The Morgan fingerprint density at radius 2 is 1.76 bits per heavy atom. The third kappa shape index (κ3) is 3.96. The Morgan fingerprint density at radius 1 is 1.03 bits per heavy atom. The molecule has 0 N–H and O–H groups in total. The second-order valence-electron chi connectivity index (χ2n) is 7.38. The molecule has 2 aromatic rings. The summed E-state index contributed by atoms with van der Waals surface area (Å²) in [5, 5.41) is 0. The second kappa shape index (κ2) is 8.21. The molecule has 2 aliphatic rings. The SMILES string of the molecule is CN1C(=O)CO[C@@H](C(=O)N2CCN(c3ccccc3)CC2)[C@@H]1c1cccc(F)c1.